The Morgan fingerprint density at radius 1 is 1.11 bits per heavy atom. The molecule has 1 saturated heterocycles. The maximum absolute atomic E-state index is 6.63. The molecule has 0 radical (unpaired) electrons. The molecule has 4 heteroatoms. The van der Waals surface area contributed by atoms with E-state index in [2.05, 4.69) is 40.3 Å². The molecule has 148 valence electrons. The molecule has 0 amide bonds. The minimum atomic E-state index is -0.271. The number of ether oxygens (including phenoxy) is 1. The van der Waals surface area contributed by atoms with Crippen LogP contribution in [0.4, 0.5) is 0 Å². The number of nitrogens with zero attached hydrogens (tertiary/aromatic N) is 2. The molecule has 1 unspecified atom stereocenters. The van der Waals surface area contributed by atoms with Gasteiger partial charge in [0.05, 0.1) is 6.54 Å². The molecule has 0 saturated carbocycles. The molecule has 1 atom stereocenters. The summed E-state index contributed by atoms with van der Waals surface area (Å²) in [4.78, 5) is 5.14. The zero-order valence-electron chi connectivity index (χ0n) is 16.5. The minimum Gasteiger partial charge on any atom is -0.480 e. The van der Waals surface area contributed by atoms with Crippen molar-refractivity contribution in [3.8, 4) is 5.75 Å². The molecule has 1 aliphatic carbocycles. The molecule has 4 aliphatic rings. The predicted molar refractivity (Wildman–Crippen MR) is 115 cm³/mol. The minimum absolute atomic E-state index is 0.271. The van der Waals surface area contributed by atoms with Gasteiger partial charge in [0.1, 0.15) is 5.75 Å². The normalized spacial score (nSPS) is 26.5. The SMILES string of the molecule is Clc1ccc2c(c1)OC1(C2)CN(CCCN2CCCCC2)C=C2CC=CC=C21. The van der Waals surface area contributed by atoms with Gasteiger partial charge < -0.3 is 14.5 Å². The highest BCUT2D eigenvalue weighted by Gasteiger charge is 2.47. The number of benzene rings is 1. The van der Waals surface area contributed by atoms with Crippen LogP contribution in [0.1, 0.15) is 37.7 Å². The Morgan fingerprint density at radius 2 is 2.00 bits per heavy atom. The highest BCUT2D eigenvalue weighted by molar-refractivity contribution is 6.30. The van der Waals surface area contributed by atoms with Gasteiger partial charge in [0.15, 0.2) is 5.60 Å². The largest absolute Gasteiger partial charge is 0.480 e. The Bertz CT molecular complexity index is 837. The monoisotopic (exact) mass is 396 g/mol. The van der Waals surface area contributed by atoms with Gasteiger partial charge in [-0.2, -0.15) is 0 Å². The number of fused-ring (bicyclic) bond motifs is 3. The van der Waals surface area contributed by atoms with E-state index in [0.29, 0.717) is 0 Å². The Morgan fingerprint density at radius 3 is 2.89 bits per heavy atom. The molecule has 5 rings (SSSR count). The summed E-state index contributed by atoms with van der Waals surface area (Å²) in [6.45, 7) is 5.79. The average molecular weight is 397 g/mol. The molecule has 28 heavy (non-hydrogen) atoms. The van der Waals surface area contributed by atoms with E-state index in [9.17, 15) is 0 Å². The van der Waals surface area contributed by atoms with Gasteiger partial charge in [-0.3, -0.25) is 0 Å². The van der Waals surface area contributed by atoms with Crippen LogP contribution >= 0.6 is 11.6 Å². The Labute approximate surface area is 173 Å². The zero-order chi connectivity index (χ0) is 19.0. The third-order valence-corrected chi connectivity index (χ3v) is 6.78. The lowest BCUT2D eigenvalue weighted by atomic mass is 9.79. The number of hydrogen-bond donors (Lipinski definition) is 0. The van der Waals surface area contributed by atoms with Crippen LogP contribution in [0.2, 0.25) is 5.02 Å². The summed E-state index contributed by atoms with van der Waals surface area (Å²) in [5, 5.41) is 0.748. The number of allylic oxidation sites excluding steroid dienone is 3. The number of hydrogen-bond acceptors (Lipinski definition) is 3. The van der Waals surface area contributed by atoms with Gasteiger partial charge in [-0.15, -0.1) is 0 Å². The van der Waals surface area contributed by atoms with Crippen LogP contribution in [0.3, 0.4) is 0 Å². The van der Waals surface area contributed by atoms with Crippen LogP contribution in [-0.4, -0.2) is 48.1 Å². The lowest BCUT2D eigenvalue weighted by Crippen LogP contribution is -2.50. The van der Waals surface area contributed by atoms with Gasteiger partial charge in [0.25, 0.3) is 0 Å². The van der Waals surface area contributed by atoms with Crippen molar-refractivity contribution in [2.75, 3.05) is 32.7 Å². The molecular weight excluding hydrogens is 368 g/mol. The van der Waals surface area contributed by atoms with Gasteiger partial charge >= 0.3 is 0 Å². The van der Waals surface area contributed by atoms with Crippen molar-refractivity contribution in [3.63, 3.8) is 0 Å². The van der Waals surface area contributed by atoms with E-state index in [1.165, 1.54) is 62.0 Å². The fraction of sp³-hybridized carbons (Fsp3) is 0.500. The van der Waals surface area contributed by atoms with E-state index in [-0.39, 0.29) is 5.60 Å². The van der Waals surface area contributed by atoms with Gasteiger partial charge in [0.2, 0.25) is 0 Å². The van der Waals surface area contributed by atoms with Crippen LogP contribution in [-0.2, 0) is 6.42 Å². The second kappa shape index (κ2) is 7.61. The summed E-state index contributed by atoms with van der Waals surface area (Å²) < 4.78 is 6.63. The number of piperidine rings is 1. The summed E-state index contributed by atoms with van der Waals surface area (Å²) in [6.07, 6.45) is 16.4. The fourth-order valence-electron chi connectivity index (χ4n) is 5.21. The first-order valence-electron chi connectivity index (χ1n) is 10.7. The number of likely N-dealkylation sites (tertiary alicyclic amines) is 1. The van der Waals surface area contributed by atoms with E-state index in [0.717, 1.165) is 36.7 Å². The molecule has 3 aliphatic heterocycles. The van der Waals surface area contributed by atoms with Gasteiger partial charge in [-0.25, -0.2) is 0 Å². The molecule has 0 aromatic heterocycles. The fourth-order valence-corrected chi connectivity index (χ4v) is 5.37. The summed E-state index contributed by atoms with van der Waals surface area (Å²) in [7, 11) is 0. The van der Waals surface area contributed by atoms with E-state index in [1.807, 2.05) is 12.1 Å². The predicted octanol–water partition coefficient (Wildman–Crippen LogP) is 4.98. The molecule has 1 aromatic carbocycles. The quantitative estimate of drug-likeness (QED) is 0.714. The molecular formula is C24H29ClN2O. The Kier molecular flexibility index (Phi) is 4.98. The van der Waals surface area contributed by atoms with Gasteiger partial charge in [-0.05, 0) is 68.6 Å². The number of halogens is 1. The van der Waals surface area contributed by atoms with Crippen LogP contribution in [0, 0.1) is 0 Å². The second-order valence-corrected chi connectivity index (χ2v) is 9.05. The Balaban J connectivity index is 1.33. The second-order valence-electron chi connectivity index (χ2n) is 8.62. The summed E-state index contributed by atoms with van der Waals surface area (Å²) in [5.41, 5.74) is 3.77. The lowest BCUT2D eigenvalue weighted by Gasteiger charge is -2.42. The van der Waals surface area contributed by atoms with Crippen LogP contribution in [0.25, 0.3) is 0 Å². The number of rotatable bonds is 4. The first-order valence-corrected chi connectivity index (χ1v) is 11.1. The summed E-state index contributed by atoms with van der Waals surface area (Å²) >= 11 is 6.23. The first kappa shape index (κ1) is 18.3. The van der Waals surface area contributed by atoms with Gasteiger partial charge in [-0.1, -0.05) is 42.3 Å². The summed E-state index contributed by atoms with van der Waals surface area (Å²) in [5.74, 6) is 0.956. The van der Waals surface area contributed by atoms with Crippen molar-refractivity contribution >= 4 is 11.6 Å². The first-order chi connectivity index (χ1) is 13.7. The molecule has 0 N–H and O–H groups in total. The Hall–Kier alpha value is -1.71. The zero-order valence-corrected chi connectivity index (χ0v) is 17.3. The maximum Gasteiger partial charge on any atom is 0.156 e. The van der Waals surface area contributed by atoms with Crippen LogP contribution in [0.15, 0.2) is 53.8 Å². The van der Waals surface area contributed by atoms with Crippen molar-refractivity contribution in [3.05, 3.63) is 64.4 Å². The smallest absolute Gasteiger partial charge is 0.156 e. The highest BCUT2D eigenvalue weighted by atomic mass is 35.5. The van der Waals surface area contributed by atoms with Crippen molar-refractivity contribution in [1.82, 2.24) is 9.80 Å². The van der Waals surface area contributed by atoms with Crippen LogP contribution < -0.4 is 4.74 Å². The van der Waals surface area contributed by atoms with Crippen molar-refractivity contribution in [2.45, 2.75) is 44.1 Å². The average Bonchev–Trinajstić information content (AvgIpc) is 3.06. The highest BCUT2D eigenvalue weighted by Crippen LogP contribution is 2.46. The van der Waals surface area contributed by atoms with Gasteiger partial charge in [0, 0.05) is 29.8 Å². The van der Waals surface area contributed by atoms with Crippen molar-refractivity contribution in [2.24, 2.45) is 0 Å². The third-order valence-electron chi connectivity index (χ3n) is 6.55. The van der Waals surface area contributed by atoms with Crippen molar-refractivity contribution < 1.29 is 4.74 Å². The van der Waals surface area contributed by atoms with E-state index < -0.39 is 0 Å². The molecule has 0 bridgehead atoms. The lowest BCUT2D eigenvalue weighted by molar-refractivity contribution is 0.0876. The molecule has 1 spiro atoms. The van der Waals surface area contributed by atoms with E-state index in [1.54, 1.807) is 0 Å². The van der Waals surface area contributed by atoms with Crippen molar-refractivity contribution in [1.29, 1.82) is 0 Å². The van der Waals surface area contributed by atoms with Crippen LogP contribution in [0.5, 0.6) is 5.75 Å². The van der Waals surface area contributed by atoms with E-state index in [4.69, 9.17) is 16.3 Å². The molecule has 1 aromatic rings. The third kappa shape index (κ3) is 3.51. The standard InChI is InChI=1S/C24H29ClN2O/c25-21-10-9-19-16-24(28-23(19)15-21)18-27(17-20-7-2-3-8-22(20)24)14-6-13-26-11-4-1-5-12-26/h2-3,8-10,15,17H,1,4-7,11-14,16,18H2. The molecule has 1 fully saturated rings. The molecule has 3 heterocycles. The summed E-state index contributed by atoms with van der Waals surface area (Å²) in [6, 6.07) is 6.09. The topological polar surface area (TPSA) is 15.7 Å². The maximum atomic E-state index is 6.63. The van der Waals surface area contributed by atoms with E-state index >= 15 is 0 Å². The molecule has 3 nitrogen and oxygen atoms in total.